The molecule has 0 radical (unpaired) electrons. The number of hydrogen-bond acceptors (Lipinski definition) is 5. The summed E-state index contributed by atoms with van der Waals surface area (Å²) in [5.74, 6) is 0.429. The molecule has 118 valence electrons. The Bertz CT molecular complexity index is 535. The van der Waals surface area contributed by atoms with Crippen molar-refractivity contribution in [2.45, 2.75) is 0 Å². The van der Waals surface area contributed by atoms with E-state index >= 15 is 0 Å². The summed E-state index contributed by atoms with van der Waals surface area (Å²) < 4.78 is 18.4. The first-order valence-electron chi connectivity index (χ1n) is 7.09. The van der Waals surface area contributed by atoms with Gasteiger partial charge in [0.1, 0.15) is 18.2 Å². The van der Waals surface area contributed by atoms with Crippen LogP contribution >= 0.6 is 11.8 Å². The van der Waals surface area contributed by atoms with Crippen molar-refractivity contribution in [1.82, 2.24) is 9.80 Å². The number of rotatable bonds is 4. The molecule has 1 aromatic carbocycles. The Morgan fingerprint density at radius 2 is 2.00 bits per heavy atom. The molecule has 7 heteroatoms. The third kappa shape index (κ3) is 4.90. The average molecular weight is 322 g/mol. The van der Waals surface area contributed by atoms with Gasteiger partial charge >= 0.3 is 0 Å². The van der Waals surface area contributed by atoms with Gasteiger partial charge in [0.15, 0.2) is 5.17 Å². The molecule has 0 aromatic heterocycles. The van der Waals surface area contributed by atoms with Gasteiger partial charge in [-0.05, 0) is 30.5 Å². The molecule has 1 heterocycles. The molecule has 0 amide bonds. The van der Waals surface area contributed by atoms with E-state index in [0.717, 1.165) is 37.9 Å². The van der Waals surface area contributed by atoms with Crippen molar-refractivity contribution in [1.29, 1.82) is 5.26 Å². The van der Waals surface area contributed by atoms with Crippen LogP contribution in [-0.2, 0) is 0 Å². The second-order valence-corrected chi connectivity index (χ2v) is 5.60. The minimum Gasteiger partial charge on any atom is -0.492 e. The Kier molecular flexibility index (Phi) is 6.49. The van der Waals surface area contributed by atoms with Crippen molar-refractivity contribution in [2.75, 3.05) is 45.6 Å². The topological polar surface area (TPSA) is 51.9 Å². The molecule has 1 aliphatic rings. The zero-order chi connectivity index (χ0) is 15.8. The van der Waals surface area contributed by atoms with Crippen molar-refractivity contribution < 1.29 is 9.13 Å². The fourth-order valence-corrected chi connectivity index (χ4v) is 2.85. The maximum Gasteiger partial charge on any atom is 0.208 e. The van der Waals surface area contributed by atoms with Gasteiger partial charge in [0.25, 0.3) is 0 Å². The van der Waals surface area contributed by atoms with Crippen LogP contribution in [0, 0.1) is 17.3 Å². The SMILES string of the molecule is CS/C(=N\C#N)N1CCN(CCOc2ccc(F)cc2)CC1. The van der Waals surface area contributed by atoms with Crippen molar-refractivity contribution in [3.8, 4) is 11.9 Å². The number of thioether (sulfide) groups is 1. The second-order valence-electron chi connectivity index (χ2n) is 4.83. The van der Waals surface area contributed by atoms with Crippen LogP contribution in [0.4, 0.5) is 4.39 Å². The zero-order valence-corrected chi connectivity index (χ0v) is 13.4. The Morgan fingerprint density at radius 3 is 2.59 bits per heavy atom. The lowest BCUT2D eigenvalue weighted by atomic mass is 10.3. The van der Waals surface area contributed by atoms with Gasteiger partial charge in [-0.3, -0.25) is 4.90 Å². The lowest BCUT2D eigenvalue weighted by Crippen LogP contribution is -2.48. The van der Waals surface area contributed by atoms with Crippen molar-refractivity contribution in [3.05, 3.63) is 30.1 Å². The first kappa shape index (κ1) is 16.6. The quantitative estimate of drug-likeness (QED) is 0.482. The van der Waals surface area contributed by atoms with Crippen LogP contribution in [0.15, 0.2) is 29.3 Å². The summed E-state index contributed by atoms with van der Waals surface area (Å²) >= 11 is 1.50. The molecule has 0 aliphatic carbocycles. The van der Waals surface area contributed by atoms with Gasteiger partial charge in [0.05, 0.1) is 0 Å². The van der Waals surface area contributed by atoms with Crippen LogP contribution < -0.4 is 4.74 Å². The van der Waals surface area contributed by atoms with E-state index in [0.29, 0.717) is 12.4 Å². The molecule has 22 heavy (non-hydrogen) atoms. The highest BCUT2D eigenvalue weighted by atomic mass is 32.2. The second kappa shape index (κ2) is 8.61. The number of ether oxygens (including phenoxy) is 1. The van der Waals surface area contributed by atoms with E-state index in [1.165, 1.54) is 23.9 Å². The molecular formula is C15H19FN4OS. The third-order valence-corrected chi connectivity index (χ3v) is 4.18. The Morgan fingerprint density at radius 1 is 1.32 bits per heavy atom. The maximum absolute atomic E-state index is 12.8. The number of aliphatic imine (C=N–C) groups is 1. The highest BCUT2D eigenvalue weighted by molar-refractivity contribution is 8.13. The monoisotopic (exact) mass is 322 g/mol. The van der Waals surface area contributed by atoms with E-state index in [9.17, 15) is 4.39 Å². The molecule has 1 saturated heterocycles. The Labute approximate surface area is 134 Å². The van der Waals surface area contributed by atoms with Crippen LogP contribution in [0.3, 0.4) is 0 Å². The van der Waals surface area contributed by atoms with E-state index in [4.69, 9.17) is 10.00 Å². The summed E-state index contributed by atoms with van der Waals surface area (Å²) in [6.45, 7) is 4.95. The number of piperazine rings is 1. The number of benzene rings is 1. The van der Waals surface area contributed by atoms with Crippen LogP contribution in [0.25, 0.3) is 0 Å². The molecule has 2 rings (SSSR count). The van der Waals surface area contributed by atoms with Crippen molar-refractivity contribution >= 4 is 16.9 Å². The number of amidine groups is 1. The third-order valence-electron chi connectivity index (χ3n) is 3.46. The first-order valence-corrected chi connectivity index (χ1v) is 8.32. The standard InChI is InChI=1S/C15H19FN4OS/c1-22-15(18-12-17)20-8-6-19(7-9-20)10-11-21-14-4-2-13(16)3-5-14/h2-5H,6-11H2,1H3/b18-15-. The van der Waals surface area contributed by atoms with Gasteiger partial charge in [-0.2, -0.15) is 5.26 Å². The van der Waals surface area contributed by atoms with E-state index in [-0.39, 0.29) is 5.82 Å². The van der Waals surface area contributed by atoms with Gasteiger partial charge in [-0.15, -0.1) is 4.99 Å². The Hall–Kier alpha value is -1.78. The van der Waals surface area contributed by atoms with Crippen molar-refractivity contribution in [2.24, 2.45) is 4.99 Å². The predicted molar refractivity (Wildman–Crippen MR) is 86.5 cm³/mol. The van der Waals surface area contributed by atoms with Crippen LogP contribution in [-0.4, -0.2) is 60.6 Å². The molecule has 1 aromatic rings. The van der Waals surface area contributed by atoms with Crippen LogP contribution in [0.5, 0.6) is 5.75 Å². The van der Waals surface area contributed by atoms with Gasteiger partial charge in [0, 0.05) is 32.7 Å². The molecule has 0 unspecified atom stereocenters. The predicted octanol–water partition coefficient (Wildman–Crippen LogP) is 2.02. The molecule has 1 aliphatic heterocycles. The number of nitrogens with zero attached hydrogens (tertiary/aromatic N) is 4. The zero-order valence-electron chi connectivity index (χ0n) is 12.5. The highest BCUT2D eigenvalue weighted by Gasteiger charge is 2.19. The largest absolute Gasteiger partial charge is 0.492 e. The lowest BCUT2D eigenvalue weighted by Gasteiger charge is -2.35. The van der Waals surface area contributed by atoms with Gasteiger partial charge < -0.3 is 9.64 Å². The molecule has 0 atom stereocenters. The fourth-order valence-electron chi connectivity index (χ4n) is 2.27. The van der Waals surface area contributed by atoms with Gasteiger partial charge in [-0.25, -0.2) is 4.39 Å². The van der Waals surface area contributed by atoms with Gasteiger partial charge in [0.2, 0.25) is 6.19 Å². The molecule has 1 fully saturated rings. The van der Waals surface area contributed by atoms with Crippen LogP contribution in [0.2, 0.25) is 0 Å². The average Bonchev–Trinajstić information content (AvgIpc) is 2.55. The smallest absolute Gasteiger partial charge is 0.208 e. The fraction of sp³-hybridized carbons (Fsp3) is 0.467. The van der Waals surface area contributed by atoms with Crippen LogP contribution in [0.1, 0.15) is 0 Å². The lowest BCUT2D eigenvalue weighted by molar-refractivity contribution is 0.155. The molecule has 0 bridgehead atoms. The maximum atomic E-state index is 12.8. The summed E-state index contributed by atoms with van der Waals surface area (Å²) in [5.41, 5.74) is 0. The normalized spacial score (nSPS) is 16.4. The summed E-state index contributed by atoms with van der Waals surface area (Å²) in [4.78, 5) is 8.28. The molecular weight excluding hydrogens is 303 g/mol. The van der Waals surface area contributed by atoms with E-state index in [2.05, 4.69) is 14.8 Å². The van der Waals surface area contributed by atoms with Crippen molar-refractivity contribution in [3.63, 3.8) is 0 Å². The highest BCUT2D eigenvalue weighted by Crippen LogP contribution is 2.12. The minimum atomic E-state index is -0.257. The minimum absolute atomic E-state index is 0.257. The van der Waals surface area contributed by atoms with E-state index in [1.807, 2.05) is 12.4 Å². The van der Waals surface area contributed by atoms with E-state index < -0.39 is 0 Å². The summed E-state index contributed by atoms with van der Waals surface area (Å²) in [6.07, 6.45) is 3.78. The summed E-state index contributed by atoms with van der Waals surface area (Å²) in [7, 11) is 0. The molecule has 0 spiro atoms. The number of halogens is 1. The summed E-state index contributed by atoms with van der Waals surface area (Å²) in [6, 6.07) is 6.06. The molecule has 0 saturated carbocycles. The molecule has 0 N–H and O–H groups in total. The Balaban J connectivity index is 1.70. The first-order chi connectivity index (χ1) is 10.7. The van der Waals surface area contributed by atoms with Gasteiger partial charge in [-0.1, -0.05) is 11.8 Å². The molecule has 5 nitrogen and oxygen atoms in total. The van der Waals surface area contributed by atoms with E-state index in [1.54, 1.807) is 12.1 Å². The number of nitriles is 1. The summed E-state index contributed by atoms with van der Waals surface area (Å²) in [5, 5.41) is 9.45. The number of hydrogen-bond donors (Lipinski definition) is 0.